The number of carbonyl (C=O) groups excluding carboxylic acids is 5. The third-order valence-electron chi connectivity index (χ3n) is 13.4. The number of methoxy groups -OCH3 is 1. The second-order valence-corrected chi connectivity index (χ2v) is 15.6. The molecular weight excluding hydrogens is 660 g/mol. The number of hydrogen-bond acceptors (Lipinski definition) is 15. The van der Waals surface area contributed by atoms with Crippen molar-refractivity contribution in [2.24, 2.45) is 22.2 Å². The molecule has 1 aromatic rings. The first kappa shape index (κ1) is 33.4. The number of ether oxygens (including phenoxy) is 8. The molecule has 4 saturated carbocycles. The average molecular weight is 701 g/mol. The number of rotatable bonds is 6. The SMILES string of the molecule is COC(=O)C[C@@H]1[C@]2(C)CC3(O)[C@](OC(C)=O)([C@@H]2OC(C)=O)[C@@H]2OC4(C)O[C@]5(C[C@@H](OC(C)=O)[C@@]6(C)C(=CC(=O)O[C@@H]6c6ccoc6)[C@]25O4)[C@]13C. The number of aliphatic hydroxyl groups is 1. The molecule has 4 aliphatic carbocycles. The van der Waals surface area contributed by atoms with Crippen molar-refractivity contribution in [1.82, 2.24) is 0 Å². The van der Waals surface area contributed by atoms with Crippen LogP contribution in [0, 0.1) is 22.2 Å². The molecule has 3 aliphatic heterocycles. The smallest absolute Gasteiger partial charge is 0.331 e. The lowest BCUT2D eigenvalue weighted by Crippen LogP contribution is -2.93. The Kier molecular flexibility index (Phi) is 6.37. The van der Waals surface area contributed by atoms with Gasteiger partial charge in [-0.2, -0.15) is 0 Å². The molecular formula is C35H40O15. The zero-order valence-electron chi connectivity index (χ0n) is 29.0. The standard InChI is InChI=1S/C35H40O15/c1-16(36)44-22-13-33-30(6)20(11-23(39)42-8)28(4)15-32(30,41)35(47-18(3)38,26(28)45-17(2)37)27-34(33,50-31(7,48-27)49-33)21-12-24(40)46-25(29(21,22)5)19-9-10-43-14-19/h9-10,12,14,20,22,25-27,41H,11,13,15H2,1-8H3/t20-,22-,25-,26-,27-,28+,29-,30-,31?,32?,33-,34+,35+/m1/s1. The Morgan fingerprint density at radius 2 is 1.70 bits per heavy atom. The Morgan fingerprint density at radius 3 is 2.30 bits per heavy atom. The van der Waals surface area contributed by atoms with Crippen LogP contribution in [0.4, 0.5) is 0 Å². The third-order valence-corrected chi connectivity index (χ3v) is 13.4. The highest BCUT2D eigenvalue weighted by Gasteiger charge is 3.03. The lowest BCUT2D eigenvalue weighted by atomic mass is 9.34. The van der Waals surface area contributed by atoms with Gasteiger partial charge in [0.25, 0.3) is 5.97 Å². The number of fused-ring (bicyclic) bond motifs is 4. The lowest BCUT2D eigenvalue weighted by molar-refractivity contribution is -0.446. The molecule has 1 aromatic heterocycles. The largest absolute Gasteiger partial charge is 0.472 e. The fourth-order valence-corrected chi connectivity index (χ4v) is 12.1. The molecule has 1 N–H and O–H groups in total. The van der Waals surface area contributed by atoms with E-state index in [1.165, 1.54) is 53.4 Å². The van der Waals surface area contributed by atoms with Gasteiger partial charge in [0, 0.05) is 63.0 Å². The number of furan rings is 1. The van der Waals surface area contributed by atoms with Crippen molar-refractivity contribution in [2.45, 2.75) is 121 Å². The van der Waals surface area contributed by atoms with Crippen molar-refractivity contribution in [2.75, 3.05) is 7.11 Å². The summed E-state index contributed by atoms with van der Waals surface area (Å²) in [7, 11) is 1.24. The van der Waals surface area contributed by atoms with Crippen LogP contribution in [0.15, 0.2) is 34.7 Å². The number of hydrogen-bond donors (Lipinski definition) is 1. The summed E-state index contributed by atoms with van der Waals surface area (Å²) in [6.45, 7) is 10.4. The fraction of sp³-hybridized carbons (Fsp3) is 0.686. The maximum absolute atomic E-state index is 13.7. The molecule has 270 valence electrons. The van der Waals surface area contributed by atoms with Gasteiger partial charge in [0.1, 0.15) is 29.5 Å². The van der Waals surface area contributed by atoms with Crippen LogP contribution in [0.3, 0.4) is 0 Å². The van der Waals surface area contributed by atoms with Gasteiger partial charge in [0.15, 0.2) is 11.7 Å². The van der Waals surface area contributed by atoms with Gasteiger partial charge >= 0.3 is 29.8 Å². The molecule has 15 heteroatoms. The van der Waals surface area contributed by atoms with Crippen LogP contribution in [0.1, 0.15) is 79.4 Å². The van der Waals surface area contributed by atoms with E-state index in [2.05, 4.69) is 0 Å². The molecule has 0 amide bonds. The zero-order valence-corrected chi connectivity index (χ0v) is 29.0. The predicted molar refractivity (Wildman–Crippen MR) is 161 cm³/mol. The van der Waals surface area contributed by atoms with Crippen LogP contribution in [0.5, 0.6) is 0 Å². The monoisotopic (exact) mass is 700 g/mol. The normalized spacial score (nSPS) is 50.1. The summed E-state index contributed by atoms with van der Waals surface area (Å²) < 4.78 is 55.7. The summed E-state index contributed by atoms with van der Waals surface area (Å²) in [5.74, 6) is -6.37. The molecule has 1 spiro atoms. The van der Waals surface area contributed by atoms with E-state index >= 15 is 0 Å². The zero-order chi connectivity index (χ0) is 36.2. The van der Waals surface area contributed by atoms with E-state index in [1.807, 2.05) is 0 Å². The first-order chi connectivity index (χ1) is 23.3. The van der Waals surface area contributed by atoms with Gasteiger partial charge in [-0.05, 0) is 30.9 Å². The number of cyclic esters (lactones) is 1. The Balaban J connectivity index is 1.50. The van der Waals surface area contributed by atoms with E-state index in [4.69, 9.17) is 42.3 Å². The van der Waals surface area contributed by atoms with Crippen molar-refractivity contribution >= 4 is 29.8 Å². The third kappa shape index (κ3) is 3.30. The van der Waals surface area contributed by atoms with Crippen molar-refractivity contribution in [3.8, 4) is 0 Å². The molecule has 2 saturated heterocycles. The topological polar surface area (TPSA) is 193 Å². The Bertz CT molecular complexity index is 1790. The minimum atomic E-state index is -2.17. The molecule has 0 aromatic carbocycles. The van der Waals surface area contributed by atoms with Crippen molar-refractivity contribution in [3.05, 3.63) is 35.8 Å². The average Bonchev–Trinajstić information content (AvgIpc) is 3.78. The van der Waals surface area contributed by atoms with Crippen molar-refractivity contribution in [1.29, 1.82) is 0 Å². The second kappa shape index (κ2) is 9.55. The Morgan fingerprint density at radius 1 is 1.00 bits per heavy atom. The van der Waals surface area contributed by atoms with Gasteiger partial charge in [0.05, 0.1) is 25.1 Å². The van der Waals surface area contributed by atoms with E-state index in [9.17, 15) is 29.1 Å². The molecule has 0 radical (unpaired) electrons. The molecule has 15 nitrogen and oxygen atoms in total. The van der Waals surface area contributed by atoms with Crippen LogP contribution < -0.4 is 0 Å². The molecule has 4 heterocycles. The molecule has 13 atom stereocenters. The molecule has 6 fully saturated rings. The summed E-state index contributed by atoms with van der Waals surface area (Å²) in [6, 6.07) is 1.62. The first-order valence-electron chi connectivity index (χ1n) is 16.6. The Labute approximate surface area is 286 Å². The summed E-state index contributed by atoms with van der Waals surface area (Å²) >= 11 is 0. The van der Waals surface area contributed by atoms with Gasteiger partial charge in [-0.1, -0.05) is 13.8 Å². The minimum absolute atomic E-state index is 0.130. The quantitative estimate of drug-likeness (QED) is 0.336. The second-order valence-electron chi connectivity index (χ2n) is 15.6. The lowest BCUT2D eigenvalue weighted by Gasteiger charge is -2.76. The minimum Gasteiger partial charge on any atom is -0.472 e. The maximum Gasteiger partial charge on any atom is 0.331 e. The van der Waals surface area contributed by atoms with Crippen LogP contribution in [0.2, 0.25) is 0 Å². The van der Waals surface area contributed by atoms with Crippen LogP contribution >= 0.6 is 0 Å². The van der Waals surface area contributed by atoms with E-state index in [0.717, 1.165) is 0 Å². The van der Waals surface area contributed by atoms with Gasteiger partial charge in [-0.15, -0.1) is 0 Å². The summed E-state index contributed by atoms with van der Waals surface area (Å²) in [5, 5.41) is 13.6. The fourth-order valence-electron chi connectivity index (χ4n) is 12.1. The molecule has 4 bridgehead atoms. The van der Waals surface area contributed by atoms with Crippen LogP contribution in [-0.4, -0.2) is 88.8 Å². The molecule has 50 heavy (non-hydrogen) atoms. The van der Waals surface area contributed by atoms with Crippen LogP contribution in [0.25, 0.3) is 0 Å². The number of carbonyl (C=O) groups is 5. The highest BCUT2D eigenvalue weighted by atomic mass is 17.0. The van der Waals surface area contributed by atoms with E-state index in [0.29, 0.717) is 5.56 Å². The first-order valence-corrected chi connectivity index (χ1v) is 16.6. The number of esters is 5. The predicted octanol–water partition coefficient (Wildman–Crippen LogP) is 2.33. The Hall–Kier alpha value is -3.79. The van der Waals surface area contributed by atoms with E-state index in [-0.39, 0.29) is 24.8 Å². The molecule has 2 unspecified atom stereocenters. The maximum atomic E-state index is 13.7. The van der Waals surface area contributed by atoms with Gasteiger partial charge in [-0.25, -0.2) is 4.79 Å². The van der Waals surface area contributed by atoms with Gasteiger partial charge in [0.2, 0.25) is 5.60 Å². The highest BCUT2D eigenvalue weighted by Crippen LogP contribution is 2.88. The summed E-state index contributed by atoms with van der Waals surface area (Å²) in [4.78, 5) is 66.3. The molecule has 7 aliphatic rings. The van der Waals surface area contributed by atoms with E-state index < -0.39 is 105 Å². The summed E-state index contributed by atoms with van der Waals surface area (Å²) in [5.41, 5.74) is -11.6. The van der Waals surface area contributed by atoms with Gasteiger partial charge in [-0.3, -0.25) is 19.2 Å². The molecule has 8 rings (SSSR count). The van der Waals surface area contributed by atoms with Crippen LogP contribution in [-0.2, 0) is 61.9 Å². The summed E-state index contributed by atoms with van der Waals surface area (Å²) in [6.07, 6.45) is -1.52. The van der Waals surface area contributed by atoms with Crippen molar-refractivity contribution in [3.63, 3.8) is 0 Å². The van der Waals surface area contributed by atoms with Gasteiger partial charge < -0.3 is 47.4 Å². The highest BCUT2D eigenvalue weighted by molar-refractivity contribution is 5.86. The van der Waals surface area contributed by atoms with Crippen molar-refractivity contribution < 1.29 is 71.4 Å². The van der Waals surface area contributed by atoms with E-state index in [1.54, 1.807) is 26.8 Å².